The first kappa shape index (κ1) is 14.3. The van der Waals surface area contributed by atoms with Gasteiger partial charge in [-0.05, 0) is 37.0 Å². The van der Waals surface area contributed by atoms with E-state index >= 15 is 0 Å². The van der Waals surface area contributed by atoms with Gasteiger partial charge in [-0.15, -0.1) is 0 Å². The van der Waals surface area contributed by atoms with Crippen molar-refractivity contribution in [2.24, 2.45) is 0 Å². The quantitative estimate of drug-likeness (QED) is 0.696. The predicted octanol–water partition coefficient (Wildman–Crippen LogP) is 4.77. The Hall–Kier alpha value is -2.33. The molecule has 0 aliphatic carbocycles. The van der Waals surface area contributed by atoms with Crippen LogP contribution in [-0.2, 0) is 11.2 Å². The van der Waals surface area contributed by atoms with Crippen LogP contribution in [0, 0.1) is 0 Å². The fourth-order valence-corrected chi connectivity index (χ4v) is 3.00. The molecule has 4 heteroatoms. The van der Waals surface area contributed by atoms with Crippen LogP contribution in [0.1, 0.15) is 42.4 Å². The molecule has 118 valence electrons. The van der Waals surface area contributed by atoms with Crippen LogP contribution >= 0.6 is 0 Å². The van der Waals surface area contributed by atoms with Gasteiger partial charge in [0.05, 0.1) is 5.69 Å². The Morgan fingerprint density at radius 2 is 1.96 bits per heavy atom. The minimum Gasteiger partial charge on any atom is -0.455 e. The minimum absolute atomic E-state index is 0.0676. The SMILES string of the molecule is c1ccc(Cc2ncoc2-c2ccc(C3CCCCO3)o2)cc1. The van der Waals surface area contributed by atoms with Crippen LogP contribution < -0.4 is 0 Å². The summed E-state index contributed by atoms with van der Waals surface area (Å²) in [5.41, 5.74) is 2.09. The van der Waals surface area contributed by atoms with Gasteiger partial charge < -0.3 is 13.6 Å². The number of furan rings is 1. The molecule has 1 unspecified atom stereocenters. The molecule has 1 saturated heterocycles. The first-order valence-corrected chi connectivity index (χ1v) is 8.08. The van der Waals surface area contributed by atoms with E-state index in [9.17, 15) is 0 Å². The Balaban J connectivity index is 1.57. The number of benzene rings is 1. The lowest BCUT2D eigenvalue weighted by Crippen LogP contribution is -2.10. The normalized spacial score (nSPS) is 18.2. The summed E-state index contributed by atoms with van der Waals surface area (Å²) in [6.45, 7) is 0.808. The number of ether oxygens (including phenoxy) is 1. The maximum atomic E-state index is 5.99. The molecule has 1 aliphatic rings. The first-order valence-electron chi connectivity index (χ1n) is 8.08. The van der Waals surface area contributed by atoms with Crippen LogP contribution in [-0.4, -0.2) is 11.6 Å². The zero-order valence-corrected chi connectivity index (χ0v) is 12.9. The number of oxazole rings is 1. The molecule has 0 radical (unpaired) electrons. The number of hydrogen-bond acceptors (Lipinski definition) is 4. The second-order valence-corrected chi connectivity index (χ2v) is 5.85. The van der Waals surface area contributed by atoms with Crippen molar-refractivity contribution in [2.45, 2.75) is 31.8 Å². The molecule has 23 heavy (non-hydrogen) atoms. The van der Waals surface area contributed by atoms with Crippen molar-refractivity contribution in [3.63, 3.8) is 0 Å². The Morgan fingerprint density at radius 3 is 2.78 bits per heavy atom. The van der Waals surface area contributed by atoms with Crippen LogP contribution in [0.3, 0.4) is 0 Å². The topological polar surface area (TPSA) is 48.4 Å². The average molecular weight is 309 g/mol. The molecule has 1 atom stereocenters. The second kappa shape index (κ2) is 6.42. The number of rotatable bonds is 4. The number of hydrogen-bond donors (Lipinski definition) is 0. The van der Waals surface area contributed by atoms with E-state index in [2.05, 4.69) is 17.1 Å². The smallest absolute Gasteiger partial charge is 0.193 e. The van der Waals surface area contributed by atoms with Crippen molar-refractivity contribution >= 4 is 0 Å². The third-order valence-electron chi connectivity index (χ3n) is 4.20. The van der Waals surface area contributed by atoms with E-state index in [1.807, 2.05) is 30.3 Å². The van der Waals surface area contributed by atoms with Crippen LogP contribution in [0.15, 0.2) is 57.7 Å². The van der Waals surface area contributed by atoms with Gasteiger partial charge in [0.25, 0.3) is 0 Å². The molecule has 0 bridgehead atoms. The molecule has 0 N–H and O–H groups in total. The van der Waals surface area contributed by atoms with Crippen molar-refractivity contribution in [2.75, 3.05) is 6.61 Å². The van der Waals surface area contributed by atoms with Crippen molar-refractivity contribution in [1.82, 2.24) is 4.98 Å². The van der Waals surface area contributed by atoms with Gasteiger partial charge in [-0.25, -0.2) is 4.98 Å². The van der Waals surface area contributed by atoms with Gasteiger partial charge in [-0.3, -0.25) is 0 Å². The van der Waals surface area contributed by atoms with E-state index in [4.69, 9.17) is 13.6 Å². The van der Waals surface area contributed by atoms with Crippen molar-refractivity contribution in [1.29, 1.82) is 0 Å². The Kier molecular flexibility index (Phi) is 3.99. The summed E-state index contributed by atoms with van der Waals surface area (Å²) in [5, 5.41) is 0. The molecule has 1 aliphatic heterocycles. The standard InChI is InChI=1S/C19H19NO3/c1-2-6-14(7-3-1)12-15-19(22-13-20-15)18-10-9-17(23-18)16-8-4-5-11-21-16/h1-3,6-7,9-10,13,16H,4-5,8,11-12H2. The van der Waals surface area contributed by atoms with Gasteiger partial charge in [0.1, 0.15) is 11.9 Å². The van der Waals surface area contributed by atoms with Crippen LogP contribution in [0.2, 0.25) is 0 Å². The maximum Gasteiger partial charge on any atom is 0.193 e. The van der Waals surface area contributed by atoms with Gasteiger partial charge in [-0.2, -0.15) is 0 Å². The lowest BCUT2D eigenvalue weighted by atomic mass is 10.1. The summed E-state index contributed by atoms with van der Waals surface area (Å²) in [7, 11) is 0. The fraction of sp³-hybridized carbons (Fsp3) is 0.316. The lowest BCUT2D eigenvalue weighted by molar-refractivity contribution is 0.00215. The molecule has 0 saturated carbocycles. The molecule has 0 spiro atoms. The van der Waals surface area contributed by atoms with E-state index in [1.165, 1.54) is 18.4 Å². The molecule has 4 nitrogen and oxygen atoms in total. The molecule has 3 aromatic rings. The Morgan fingerprint density at radius 1 is 1.04 bits per heavy atom. The molecule has 1 aromatic carbocycles. The average Bonchev–Trinajstić information content (AvgIpc) is 3.25. The van der Waals surface area contributed by atoms with Gasteiger partial charge in [0.2, 0.25) is 0 Å². The zero-order chi connectivity index (χ0) is 15.5. The van der Waals surface area contributed by atoms with E-state index in [1.54, 1.807) is 0 Å². The molecule has 3 heterocycles. The third-order valence-corrected chi connectivity index (χ3v) is 4.20. The molecule has 2 aromatic heterocycles. The van der Waals surface area contributed by atoms with Crippen molar-refractivity contribution in [3.05, 3.63) is 65.9 Å². The third kappa shape index (κ3) is 3.08. The second-order valence-electron chi connectivity index (χ2n) is 5.85. The highest BCUT2D eigenvalue weighted by Crippen LogP contribution is 2.33. The Bertz CT molecular complexity index is 754. The van der Waals surface area contributed by atoms with Gasteiger partial charge in [-0.1, -0.05) is 30.3 Å². The summed E-state index contributed by atoms with van der Waals surface area (Å²) < 4.78 is 17.3. The molecule has 4 rings (SSSR count). The summed E-state index contributed by atoms with van der Waals surface area (Å²) in [5.74, 6) is 2.30. The number of aromatic nitrogens is 1. The van der Waals surface area contributed by atoms with E-state index in [0.717, 1.165) is 43.1 Å². The highest BCUT2D eigenvalue weighted by atomic mass is 16.5. The summed E-state index contributed by atoms with van der Waals surface area (Å²) in [4.78, 5) is 4.35. The largest absolute Gasteiger partial charge is 0.455 e. The van der Waals surface area contributed by atoms with Crippen LogP contribution in [0.5, 0.6) is 0 Å². The summed E-state index contributed by atoms with van der Waals surface area (Å²) in [6, 6.07) is 14.2. The highest BCUT2D eigenvalue weighted by molar-refractivity contribution is 5.54. The zero-order valence-electron chi connectivity index (χ0n) is 12.9. The molecule has 0 amide bonds. The number of nitrogens with zero attached hydrogens (tertiary/aromatic N) is 1. The van der Waals surface area contributed by atoms with Crippen LogP contribution in [0.25, 0.3) is 11.5 Å². The maximum absolute atomic E-state index is 5.99. The fourth-order valence-electron chi connectivity index (χ4n) is 3.00. The van der Waals surface area contributed by atoms with Gasteiger partial charge >= 0.3 is 0 Å². The van der Waals surface area contributed by atoms with Crippen molar-refractivity contribution < 1.29 is 13.6 Å². The summed E-state index contributed by atoms with van der Waals surface area (Å²) >= 11 is 0. The van der Waals surface area contributed by atoms with Crippen molar-refractivity contribution in [3.8, 4) is 11.5 Å². The highest BCUT2D eigenvalue weighted by Gasteiger charge is 2.22. The molecule has 1 fully saturated rings. The molecular weight excluding hydrogens is 290 g/mol. The van der Waals surface area contributed by atoms with E-state index < -0.39 is 0 Å². The minimum atomic E-state index is 0.0676. The van der Waals surface area contributed by atoms with Crippen LogP contribution in [0.4, 0.5) is 0 Å². The summed E-state index contributed by atoms with van der Waals surface area (Å²) in [6.07, 6.45) is 5.60. The monoisotopic (exact) mass is 309 g/mol. The van der Waals surface area contributed by atoms with E-state index in [0.29, 0.717) is 5.76 Å². The Labute approximate surface area is 135 Å². The van der Waals surface area contributed by atoms with Gasteiger partial charge in [0, 0.05) is 13.0 Å². The molecular formula is C19H19NO3. The first-order chi connectivity index (χ1) is 11.4. The van der Waals surface area contributed by atoms with Gasteiger partial charge in [0.15, 0.2) is 17.9 Å². The van der Waals surface area contributed by atoms with E-state index in [-0.39, 0.29) is 6.10 Å². The lowest BCUT2D eigenvalue weighted by Gasteiger charge is -2.20. The predicted molar refractivity (Wildman–Crippen MR) is 86.0 cm³/mol.